The van der Waals surface area contributed by atoms with E-state index in [2.05, 4.69) is 17.6 Å². The molecule has 0 aliphatic heterocycles. The van der Waals surface area contributed by atoms with Crippen LogP contribution in [0, 0.1) is 0 Å². The molecule has 0 aromatic heterocycles. The van der Waals surface area contributed by atoms with Crippen LogP contribution in [0.15, 0.2) is 30.5 Å². The third kappa shape index (κ3) is 6.59. The van der Waals surface area contributed by atoms with Crippen LogP contribution in [0.1, 0.15) is 33.3 Å². The average Bonchev–Trinajstić information content (AvgIpc) is 2.39. The molecule has 1 aromatic carbocycles. The van der Waals surface area contributed by atoms with Crippen molar-refractivity contribution in [2.75, 3.05) is 11.9 Å². The number of anilines is 1. The van der Waals surface area contributed by atoms with E-state index in [4.69, 9.17) is 21.1 Å². The van der Waals surface area contributed by atoms with E-state index in [1.807, 2.05) is 0 Å². The van der Waals surface area contributed by atoms with E-state index in [1.165, 1.54) is 6.92 Å². The van der Waals surface area contributed by atoms with E-state index in [9.17, 15) is 9.59 Å². The first-order chi connectivity index (χ1) is 10.6. The summed E-state index contributed by atoms with van der Waals surface area (Å²) in [5.74, 6) is -0.429. The highest BCUT2D eigenvalue weighted by Crippen LogP contribution is 2.27. The van der Waals surface area contributed by atoms with Crippen LogP contribution in [-0.2, 0) is 14.3 Å². The number of esters is 1. The lowest BCUT2D eigenvalue weighted by molar-refractivity contribution is -0.139. The summed E-state index contributed by atoms with van der Waals surface area (Å²) in [7, 11) is 0. The van der Waals surface area contributed by atoms with Crippen molar-refractivity contribution in [3.05, 3.63) is 41.1 Å². The molecular formula is C17H20ClNO4. The van der Waals surface area contributed by atoms with Gasteiger partial charge >= 0.3 is 12.1 Å². The highest BCUT2D eigenvalue weighted by molar-refractivity contribution is 6.31. The number of amides is 1. The molecule has 0 fully saturated rings. The predicted molar refractivity (Wildman–Crippen MR) is 90.5 cm³/mol. The Morgan fingerprint density at radius 1 is 1.35 bits per heavy atom. The first-order valence-electron chi connectivity index (χ1n) is 6.94. The second-order valence-corrected chi connectivity index (χ2v) is 6.19. The Morgan fingerprint density at radius 2 is 2.00 bits per heavy atom. The summed E-state index contributed by atoms with van der Waals surface area (Å²) in [6, 6.07) is 4.89. The van der Waals surface area contributed by atoms with E-state index in [0.29, 0.717) is 21.8 Å². The van der Waals surface area contributed by atoms with Gasteiger partial charge in [0.05, 0.1) is 5.69 Å². The van der Waals surface area contributed by atoms with Gasteiger partial charge in [-0.2, -0.15) is 0 Å². The van der Waals surface area contributed by atoms with Gasteiger partial charge < -0.3 is 9.47 Å². The van der Waals surface area contributed by atoms with Gasteiger partial charge in [0.1, 0.15) is 12.2 Å². The van der Waals surface area contributed by atoms with Crippen LogP contribution in [0.25, 0.3) is 5.57 Å². The molecule has 23 heavy (non-hydrogen) atoms. The fraction of sp³-hybridized carbons (Fsp3) is 0.353. The van der Waals surface area contributed by atoms with Crippen molar-refractivity contribution < 1.29 is 19.1 Å². The molecular weight excluding hydrogens is 318 g/mol. The van der Waals surface area contributed by atoms with E-state index < -0.39 is 17.7 Å². The van der Waals surface area contributed by atoms with Crippen molar-refractivity contribution in [3.63, 3.8) is 0 Å². The van der Waals surface area contributed by atoms with Gasteiger partial charge in [0.2, 0.25) is 0 Å². The number of rotatable bonds is 4. The third-order valence-electron chi connectivity index (χ3n) is 2.58. The van der Waals surface area contributed by atoms with Crippen molar-refractivity contribution >= 4 is 34.9 Å². The highest BCUT2D eigenvalue weighted by atomic mass is 35.5. The SMILES string of the molecule is C=C=C(COC(C)=O)c1cc(Cl)ccc1NC(=O)OC(C)(C)C. The molecule has 1 N–H and O–H groups in total. The molecule has 1 aromatic rings. The third-order valence-corrected chi connectivity index (χ3v) is 2.81. The standard InChI is InChI=1S/C17H20ClNO4/c1-6-12(10-22-11(2)20)14-9-13(18)7-8-15(14)19-16(21)23-17(3,4)5/h7-9H,1,10H2,2-5H3,(H,19,21). The monoisotopic (exact) mass is 337 g/mol. The molecule has 124 valence electrons. The molecule has 6 heteroatoms. The summed E-state index contributed by atoms with van der Waals surface area (Å²) < 4.78 is 10.2. The Hall–Kier alpha value is -2.23. The van der Waals surface area contributed by atoms with E-state index in [-0.39, 0.29) is 6.61 Å². The Bertz CT molecular complexity index is 655. The van der Waals surface area contributed by atoms with Gasteiger partial charge in [-0.1, -0.05) is 18.2 Å². The molecule has 1 rings (SSSR count). The number of hydrogen-bond acceptors (Lipinski definition) is 4. The van der Waals surface area contributed by atoms with Gasteiger partial charge in [-0.25, -0.2) is 4.79 Å². The molecule has 0 radical (unpaired) electrons. The van der Waals surface area contributed by atoms with Crippen molar-refractivity contribution in [2.45, 2.75) is 33.3 Å². The predicted octanol–water partition coefficient (Wildman–Crippen LogP) is 4.42. The minimum Gasteiger partial charge on any atom is -0.460 e. The summed E-state index contributed by atoms with van der Waals surface area (Å²) in [5, 5.41) is 3.11. The molecule has 0 atom stereocenters. The first-order valence-corrected chi connectivity index (χ1v) is 7.32. The van der Waals surface area contributed by atoms with Crippen LogP contribution in [0.4, 0.5) is 10.5 Å². The number of carbonyl (C=O) groups is 2. The zero-order chi connectivity index (χ0) is 17.6. The summed E-state index contributed by atoms with van der Waals surface area (Å²) in [6.07, 6.45) is -0.600. The smallest absolute Gasteiger partial charge is 0.412 e. The zero-order valence-electron chi connectivity index (χ0n) is 13.7. The lowest BCUT2D eigenvalue weighted by atomic mass is 10.1. The van der Waals surface area contributed by atoms with Crippen molar-refractivity contribution in [1.29, 1.82) is 0 Å². The molecule has 0 aliphatic carbocycles. The van der Waals surface area contributed by atoms with Crippen LogP contribution in [0.2, 0.25) is 5.02 Å². The van der Waals surface area contributed by atoms with Crippen LogP contribution in [-0.4, -0.2) is 24.3 Å². The summed E-state index contributed by atoms with van der Waals surface area (Å²) >= 11 is 6.01. The number of halogens is 1. The molecule has 0 spiro atoms. The Kier molecular flexibility index (Phi) is 6.43. The minimum absolute atomic E-state index is 0.0256. The average molecular weight is 338 g/mol. The minimum atomic E-state index is -0.620. The molecule has 0 aliphatic rings. The quantitative estimate of drug-likeness (QED) is 0.652. The summed E-state index contributed by atoms with van der Waals surface area (Å²) in [5.41, 5.74) is 3.59. The maximum atomic E-state index is 11.9. The highest BCUT2D eigenvalue weighted by Gasteiger charge is 2.18. The maximum absolute atomic E-state index is 11.9. The van der Waals surface area contributed by atoms with E-state index in [0.717, 1.165) is 0 Å². The Labute approximate surface area is 140 Å². The van der Waals surface area contributed by atoms with Gasteiger partial charge in [0.25, 0.3) is 0 Å². The van der Waals surface area contributed by atoms with Gasteiger partial charge in [0.15, 0.2) is 0 Å². The molecule has 0 saturated carbocycles. The Morgan fingerprint density at radius 3 is 2.52 bits per heavy atom. The fourth-order valence-corrected chi connectivity index (χ4v) is 1.86. The molecule has 5 nitrogen and oxygen atoms in total. The number of benzene rings is 1. The maximum Gasteiger partial charge on any atom is 0.412 e. The van der Waals surface area contributed by atoms with Gasteiger partial charge in [-0.05, 0) is 39.0 Å². The van der Waals surface area contributed by atoms with Gasteiger partial charge in [-0.15, -0.1) is 5.73 Å². The second kappa shape index (κ2) is 7.86. The molecule has 0 saturated heterocycles. The molecule has 0 heterocycles. The zero-order valence-corrected chi connectivity index (χ0v) is 14.4. The number of hydrogen-bond donors (Lipinski definition) is 1. The number of nitrogens with one attached hydrogen (secondary N) is 1. The molecule has 0 unspecified atom stereocenters. The number of ether oxygens (including phenoxy) is 2. The van der Waals surface area contributed by atoms with Gasteiger partial charge in [-0.3, -0.25) is 10.1 Å². The number of carbonyl (C=O) groups excluding carboxylic acids is 2. The molecule has 1 amide bonds. The summed E-state index contributed by atoms with van der Waals surface area (Å²) in [6.45, 7) is 10.2. The normalized spacial score (nSPS) is 10.5. The lowest BCUT2D eigenvalue weighted by Crippen LogP contribution is -2.27. The van der Waals surface area contributed by atoms with Crippen LogP contribution < -0.4 is 5.32 Å². The van der Waals surface area contributed by atoms with E-state index in [1.54, 1.807) is 39.0 Å². The van der Waals surface area contributed by atoms with Gasteiger partial charge in [0, 0.05) is 23.1 Å². The van der Waals surface area contributed by atoms with Crippen LogP contribution in [0.5, 0.6) is 0 Å². The fourth-order valence-electron chi connectivity index (χ4n) is 1.69. The van der Waals surface area contributed by atoms with Crippen molar-refractivity contribution in [1.82, 2.24) is 0 Å². The van der Waals surface area contributed by atoms with Crippen molar-refractivity contribution in [2.24, 2.45) is 0 Å². The molecule has 0 bridgehead atoms. The topological polar surface area (TPSA) is 64.6 Å². The van der Waals surface area contributed by atoms with Crippen LogP contribution in [0.3, 0.4) is 0 Å². The second-order valence-electron chi connectivity index (χ2n) is 5.75. The first kappa shape index (κ1) is 18.8. The Balaban J connectivity index is 3.07. The summed E-state index contributed by atoms with van der Waals surface area (Å²) in [4.78, 5) is 22.9. The largest absolute Gasteiger partial charge is 0.460 e. The van der Waals surface area contributed by atoms with Crippen molar-refractivity contribution in [3.8, 4) is 0 Å². The van der Waals surface area contributed by atoms with Crippen LogP contribution >= 0.6 is 11.6 Å². The van der Waals surface area contributed by atoms with E-state index >= 15 is 0 Å². The lowest BCUT2D eigenvalue weighted by Gasteiger charge is -2.20.